The van der Waals surface area contributed by atoms with Crippen LogP contribution in [0.25, 0.3) is 11.3 Å². The number of thiazole rings is 1. The van der Waals surface area contributed by atoms with Gasteiger partial charge in [0.1, 0.15) is 18.0 Å². The number of carbonyl (C=O) groups is 2. The normalized spacial score (nSPS) is 17.2. The summed E-state index contributed by atoms with van der Waals surface area (Å²) >= 11 is 1.60. The third-order valence-corrected chi connectivity index (χ3v) is 8.80. The van der Waals surface area contributed by atoms with Gasteiger partial charge in [-0.3, -0.25) is 4.79 Å². The maximum Gasteiger partial charge on any atom is 0.410 e. The Hall–Kier alpha value is -3.59. The molecule has 0 unspecified atom stereocenters. The van der Waals surface area contributed by atoms with Crippen LogP contribution in [0, 0.1) is 12.8 Å². The zero-order chi connectivity index (χ0) is 30.6. The van der Waals surface area contributed by atoms with Crippen molar-refractivity contribution in [2.45, 2.75) is 72.5 Å². The molecule has 0 spiro atoms. The van der Waals surface area contributed by atoms with E-state index in [9.17, 15) is 9.59 Å². The molecular formula is C34H43N3O5S. The van der Waals surface area contributed by atoms with Crippen LogP contribution in [-0.2, 0) is 33.7 Å². The van der Waals surface area contributed by atoms with Gasteiger partial charge in [-0.1, -0.05) is 30.3 Å². The molecule has 0 saturated carbocycles. The number of fused-ring (bicyclic) bond motifs is 1. The molecule has 1 atom stereocenters. The number of nitrogens with zero attached hydrogens (tertiary/aromatic N) is 3. The maximum atomic E-state index is 12.6. The van der Waals surface area contributed by atoms with Crippen LogP contribution in [0.2, 0.25) is 0 Å². The van der Waals surface area contributed by atoms with E-state index in [1.54, 1.807) is 11.3 Å². The van der Waals surface area contributed by atoms with Gasteiger partial charge in [-0.25, -0.2) is 9.78 Å². The number of hydrogen-bond acceptors (Lipinski definition) is 8. The highest BCUT2D eigenvalue weighted by Gasteiger charge is 2.29. The number of carbonyl (C=O) groups excluding carboxylic acids is 2. The van der Waals surface area contributed by atoms with Crippen molar-refractivity contribution in [3.8, 4) is 17.0 Å². The minimum absolute atomic E-state index is 0.111. The SMILES string of the molecule is CCOC(=O)[C@H]1CCCN(c2nc(-c3cccc(C)c3OCc3ccc4c(c3)CCN(C(=O)OC(C)(C)C)CC4)cs2)C1. The number of rotatable bonds is 7. The van der Waals surface area contributed by atoms with E-state index >= 15 is 0 Å². The van der Waals surface area contributed by atoms with Gasteiger partial charge < -0.3 is 24.0 Å². The molecule has 3 aromatic rings. The summed E-state index contributed by atoms with van der Waals surface area (Å²) in [6.07, 6.45) is 3.14. The molecule has 5 rings (SSSR count). The van der Waals surface area contributed by atoms with Crippen molar-refractivity contribution in [2.75, 3.05) is 37.7 Å². The summed E-state index contributed by atoms with van der Waals surface area (Å²) in [5.41, 5.74) is 6.00. The Balaban J connectivity index is 1.26. The van der Waals surface area contributed by atoms with E-state index in [2.05, 4.69) is 47.5 Å². The molecule has 2 aliphatic heterocycles. The number of aromatic nitrogens is 1. The maximum absolute atomic E-state index is 12.6. The van der Waals surface area contributed by atoms with Crippen molar-refractivity contribution in [2.24, 2.45) is 5.92 Å². The summed E-state index contributed by atoms with van der Waals surface area (Å²) in [5.74, 6) is 0.602. The Bertz CT molecular complexity index is 1450. The topological polar surface area (TPSA) is 81.2 Å². The fourth-order valence-electron chi connectivity index (χ4n) is 5.72. The van der Waals surface area contributed by atoms with Crippen molar-refractivity contribution >= 4 is 28.5 Å². The van der Waals surface area contributed by atoms with E-state index in [1.807, 2.05) is 38.7 Å². The van der Waals surface area contributed by atoms with Crippen molar-refractivity contribution in [1.82, 2.24) is 9.88 Å². The number of para-hydroxylation sites is 1. The first-order valence-electron chi connectivity index (χ1n) is 15.3. The minimum atomic E-state index is -0.504. The number of esters is 1. The van der Waals surface area contributed by atoms with Crippen molar-refractivity contribution in [3.05, 3.63) is 64.0 Å². The number of ether oxygens (including phenoxy) is 3. The van der Waals surface area contributed by atoms with Crippen LogP contribution < -0.4 is 9.64 Å². The molecular weight excluding hydrogens is 562 g/mol. The Kier molecular flexibility index (Phi) is 9.59. The minimum Gasteiger partial charge on any atom is -0.488 e. The van der Waals surface area contributed by atoms with Gasteiger partial charge in [-0.2, -0.15) is 0 Å². The quantitative estimate of drug-likeness (QED) is 0.274. The first-order valence-corrected chi connectivity index (χ1v) is 16.2. The lowest BCUT2D eigenvalue weighted by Gasteiger charge is -2.31. The lowest BCUT2D eigenvalue weighted by Crippen LogP contribution is -2.39. The summed E-state index contributed by atoms with van der Waals surface area (Å²) < 4.78 is 17.4. The van der Waals surface area contributed by atoms with Gasteiger partial charge in [0.2, 0.25) is 0 Å². The van der Waals surface area contributed by atoms with Gasteiger partial charge in [0.15, 0.2) is 5.13 Å². The smallest absolute Gasteiger partial charge is 0.410 e. The third-order valence-electron chi connectivity index (χ3n) is 7.90. The van der Waals surface area contributed by atoms with Crippen LogP contribution in [0.3, 0.4) is 0 Å². The zero-order valence-electron chi connectivity index (χ0n) is 26.0. The average Bonchev–Trinajstić information content (AvgIpc) is 3.36. The zero-order valence-corrected chi connectivity index (χ0v) is 26.8. The molecule has 2 aliphatic rings. The molecule has 2 aromatic carbocycles. The number of benzene rings is 2. The Morgan fingerprint density at radius 3 is 2.63 bits per heavy atom. The number of hydrogen-bond donors (Lipinski definition) is 0. The van der Waals surface area contributed by atoms with E-state index in [0.717, 1.165) is 65.5 Å². The lowest BCUT2D eigenvalue weighted by molar-refractivity contribution is -0.148. The number of aryl methyl sites for hydroxylation is 1. The Morgan fingerprint density at radius 2 is 1.86 bits per heavy atom. The molecule has 0 N–H and O–H groups in total. The van der Waals surface area contributed by atoms with E-state index < -0.39 is 5.60 Å². The Morgan fingerprint density at radius 1 is 1.07 bits per heavy atom. The number of anilines is 1. The summed E-state index contributed by atoms with van der Waals surface area (Å²) in [4.78, 5) is 34.0. The van der Waals surface area contributed by atoms with Gasteiger partial charge in [-0.15, -0.1) is 11.3 Å². The molecule has 1 aromatic heterocycles. The van der Waals surface area contributed by atoms with Crippen molar-refractivity contribution < 1.29 is 23.8 Å². The molecule has 3 heterocycles. The lowest BCUT2D eigenvalue weighted by atomic mass is 9.99. The van der Waals surface area contributed by atoms with Crippen molar-refractivity contribution in [3.63, 3.8) is 0 Å². The molecule has 1 saturated heterocycles. The molecule has 0 aliphatic carbocycles. The van der Waals surface area contributed by atoms with Crippen molar-refractivity contribution in [1.29, 1.82) is 0 Å². The standard InChI is InChI=1S/C34H43N3O5S/c1-6-40-31(38)27-10-8-16-37(20-27)32-35-29(22-43-32)28-11-7-9-23(2)30(28)41-21-24-12-13-25-14-17-36(18-15-26(25)19-24)33(39)42-34(3,4)5/h7,9,11-13,19,22,27H,6,8,10,14-18,20-21H2,1-5H3/t27-/m0/s1. The fraction of sp³-hybridized carbons (Fsp3) is 0.500. The molecule has 43 heavy (non-hydrogen) atoms. The molecule has 1 fully saturated rings. The van der Waals surface area contributed by atoms with Gasteiger partial charge in [0.25, 0.3) is 0 Å². The second kappa shape index (κ2) is 13.4. The van der Waals surface area contributed by atoms with Gasteiger partial charge in [0, 0.05) is 37.1 Å². The highest BCUT2D eigenvalue weighted by atomic mass is 32.1. The highest BCUT2D eigenvalue weighted by Crippen LogP contribution is 2.37. The third kappa shape index (κ3) is 7.68. The molecule has 9 heteroatoms. The summed E-state index contributed by atoms with van der Waals surface area (Å²) in [5, 5.41) is 2.99. The van der Waals surface area contributed by atoms with E-state index in [4.69, 9.17) is 19.2 Å². The van der Waals surface area contributed by atoms with E-state index in [1.165, 1.54) is 11.1 Å². The summed E-state index contributed by atoms with van der Waals surface area (Å²) in [6.45, 7) is 13.3. The van der Waals surface area contributed by atoms with Gasteiger partial charge >= 0.3 is 12.1 Å². The van der Waals surface area contributed by atoms with Crippen LogP contribution in [0.15, 0.2) is 41.8 Å². The second-order valence-electron chi connectivity index (χ2n) is 12.4. The molecule has 0 bridgehead atoms. The highest BCUT2D eigenvalue weighted by molar-refractivity contribution is 7.14. The second-order valence-corrected chi connectivity index (χ2v) is 13.2. The first kappa shape index (κ1) is 30.9. The number of amides is 1. The van der Waals surface area contributed by atoms with Crippen LogP contribution in [-0.4, -0.2) is 60.3 Å². The van der Waals surface area contributed by atoms with Crippen LogP contribution in [0.4, 0.5) is 9.93 Å². The van der Waals surface area contributed by atoms with Crippen LogP contribution in [0.1, 0.15) is 62.8 Å². The van der Waals surface area contributed by atoms with E-state index in [0.29, 0.717) is 32.8 Å². The number of piperidine rings is 1. The van der Waals surface area contributed by atoms with Crippen LogP contribution in [0.5, 0.6) is 5.75 Å². The first-order chi connectivity index (χ1) is 20.6. The molecule has 230 valence electrons. The predicted octanol–water partition coefficient (Wildman–Crippen LogP) is 6.81. The van der Waals surface area contributed by atoms with Crippen LogP contribution >= 0.6 is 11.3 Å². The van der Waals surface area contributed by atoms with Gasteiger partial charge in [-0.05, 0) is 88.6 Å². The predicted molar refractivity (Wildman–Crippen MR) is 170 cm³/mol. The van der Waals surface area contributed by atoms with E-state index in [-0.39, 0.29) is 18.0 Å². The average molecular weight is 606 g/mol. The fourth-order valence-corrected chi connectivity index (χ4v) is 6.58. The summed E-state index contributed by atoms with van der Waals surface area (Å²) in [6, 6.07) is 12.7. The molecule has 1 amide bonds. The van der Waals surface area contributed by atoms with Gasteiger partial charge in [0.05, 0.1) is 18.2 Å². The Labute approximate surface area is 259 Å². The molecule has 8 nitrogen and oxygen atoms in total. The molecule has 0 radical (unpaired) electrons. The summed E-state index contributed by atoms with van der Waals surface area (Å²) in [7, 11) is 0. The largest absolute Gasteiger partial charge is 0.488 e. The monoisotopic (exact) mass is 605 g/mol.